The molecule has 3 aromatic rings. The summed E-state index contributed by atoms with van der Waals surface area (Å²) in [4.78, 5) is 24.7. The maximum Gasteiger partial charge on any atom is 0.328 e. The van der Waals surface area contributed by atoms with Crippen LogP contribution in [-0.2, 0) is 16.0 Å². The Kier molecular flexibility index (Phi) is 5.54. The lowest BCUT2D eigenvalue weighted by molar-refractivity contribution is -0.142. The Bertz CT molecular complexity index is 955. The molecular formula is C21H18ClNO3. The van der Waals surface area contributed by atoms with E-state index in [9.17, 15) is 9.59 Å². The van der Waals surface area contributed by atoms with Crippen molar-refractivity contribution in [3.63, 3.8) is 0 Å². The standard InChI is InChI=1S/C21H18ClNO3/c1-26-21(25)19(12-14-5-4-8-18(22)11-14)23-20(24)17-10-9-15-6-2-3-7-16(15)13-17/h2-11,13,19H,12H2,1H3,(H,23,24)/t19-/m1/s1. The number of hydrogen-bond donors (Lipinski definition) is 1. The average molecular weight is 368 g/mol. The molecule has 0 saturated heterocycles. The van der Waals surface area contributed by atoms with E-state index in [1.165, 1.54) is 7.11 Å². The lowest BCUT2D eigenvalue weighted by Crippen LogP contribution is -2.43. The normalized spacial score (nSPS) is 11.8. The highest BCUT2D eigenvalue weighted by Crippen LogP contribution is 2.17. The molecule has 0 unspecified atom stereocenters. The predicted molar refractivity (Wildman–Crippen MR) is 102 cm³/mol. The average Bonchev–Trinajstić information content (AvgIpc) is 2.66. The van der Waals surface area contributed by atoms with Crippen molar-refractivity contribution in [1.29, 1.82) is 0 Å². The van der Waals surface area contributed by atoms with Crippen LogP contribution in [-0.4, -0.2) is 25.0 Å². The molecule has 0 saturated carbocycles. The highest BCUT2D eigenvalue weighted by Gasteiger charge is 2.22. The highest BCUT2D eigenvalue weighted by atomic mass is 35.5. The molecule has 1 N–H and O–H groups in total. The van der Waals surface area contributed by atoms with Crippen molar-refractivity contribution >= 4 is 34.2 Å². The Labute approximate surface area is 156 Å². The second-order valence-electron chi connectivity index (χ2n) is 5.95. The molecule has 26 heavy (non-hydrogen) atoms. The van der Waals surface area contributed by atoms with Gasteiger partial charge in [-0.25, -0.2) is 4.79 Å². The van der Waals surface area contributed by atoms with Crippen LogP contribution < -0.4 is 5.32 Å². The third-order valence-electron chi connectivity index (χ3n) is 4.13. The van der Waals surface area contributed by atoms with Crippen LogP contribution in [0.2, 0.25) is 5.02 Å². The summed E-state index contributed by atoms with van der Waals surface area (Å²) in [6, 6.07) is 19.6. The molecule has 0 radical (unpaired) electrons. The van der Waals surface area contributed by atoms with Crippen LogP contribution in [0.25, 0.3) is 10.8 Å². The van der Waals surface area contributed by atoms with Crippen LogP contribution in [0.1, 0.15) is 15.9 Å². The van der Waals surface area contributed by atoms with E-state index in [-0.39, 0.29) is 5.91 Å². The van der Waals surface area contributed by atoms with Crippen molar-refractivity contribution in [1.82, 2.24) is 5.32 Å². The zero-order valence-corrected chi connectivity index (χ0v) is 15.0. The number of halogens is 1. The van der Waals surface area contributed by atoms with E-state index in [1.807, 2.05) is 36.4 Å². The van der Waals surface area contributed by atoms with E-state index < -0.39 is 12.0 Å². The number of benzene rings is 3. The van der Waals surface area contributed by atoms with Crippen molar-refractivity contribution in [3.8, 4) is 0 Å². The first kappa shape index (κ1) is 18.0. The third-order valence-corrected chi connectivity index (χ3v) is 4.37. The Hall–Kier alpha value is -2.85. The molecule has 132 valence electrons. The van der Waals surface area contributed by atoms with Gasteiger partial charge in [-0.2, -0.15) is 0 Å². The summed E-state index contributed by atoms with van der Waals surface area (Å²) in [5.74, 6) is -0.827. The van der Waals surface area contributed by atoms with Crippen LogP contribution in [0.4, 0.5) is 0 Å². The Morgan fingerprint density at radius 2 is 1.77 bits per heavy atom. The van der Waals surface area contributed by atoms with Gasteiger partial charge in [-0.15, -0.1) is 0 Å². The molecule has 0 aliphatic heterocycles. The number of carbonyl (C=O) groups is 2. The Balaban J connectivity index is 1.80. The van der Waals surface area contributed by atoms with E-state index >= 15 is 0 Å². The van der Waals surface area contributed by atoms with Gasteiger partial charge in [0.25, 0.3) is 5.91 Å². The van der Waals surface area contributed by atoms with Gasteiger partial charge in [-0.05, 0) is 40.6 Å². The maximum atomic E-state index is 12.6. The Morgan fingerprint density at radius 3 is 2.50 bits per heavy atom. The number of carbonyl (C=O) groups excluding carboxylic acids is 2. The zero-order valence-electron chi connectivity index (χ0n) is 14.2. The first-order valence-electron chi connectivity index (χ1n) is 8.19. The molecule has 1 amide bonds. The van der Waals surface area contributed by atoms with Crippen LogP contribution >= 0.6 is 11.6 Å². The van der Waals surface area contributed by atoms with Crippen molar-refractivity contribution in [3.05, 3.63) is 82.9 Å². The van der Waals surface area contributed by atoms with Gasteiger partial charge in [0.2, 0.25) is 0 Å². The van der Waals surface area contributed by atoms with Crippen LogP contribution in [0, 0.1) is 0 Å². The summed E-state index contributed by atoms with van der Waals surface area (Å²) in [5, 5.41) is 5.35. The molecule has 0 aromatic heterocycles. The first-order chi connectivity index (χ1) is 12.6. The molecule has 5 heteroatoms. The van der Waals surface area contributed by atoms with Crippen LogP contribution in [0.3, 0.4) is 0 Å². The topological polar surface area (TPSA) is 55.4 Å². The van der Waals surface area contributed by atoms with Gasteiger partial charge in [-0.1, -0.05) is 54.1 Å². The van der Waals surface area contributed by atoms with Gasteiger partial charge in [0, 0.05) is 17.0 Å². The molecule has 3 aromatic carbocycles. The number of nitrogens with one attached hydrogen (secondary N) is 1. The number of esters is 1. The smallest absolute Gasteiger partial charge is 0.328 e. The molecule has 4 nitrogen and oxygen atoms in total. The molecule has 0 bridgehead atoms. The van der Waals surface area contributed by atoms with E-state index in [0.717, 1.165) is 16.3 Å². The molecule has 0 aliphatic rings. The molecular weight excluding hydrogens is 350 g/mol. The molecule has 3 rings (SSSR count). The molecule has 0 aliphatic carbocycles. The van der Waals surface area contributed by atoms with Gasteiger partial charge >= 0.3 is 5.97 Å². The number of hydrogen-bond acceptors (Lipinski definition) is 3. The zero-order chi connectivity index (χ0) is 18.5. The monoisotopic (exact) mass is 367 g/mol. The summed E-state index contributed by atoms with van der Waals surface area (Å²) >= 11 is 6.00. The number of methoxy groups -OCH3 is 1. The minimum atomic E-state index is -0.794. The van der Waals surface area contributed by atoms with E-state index in [4.69, 9.17) is 16.3 Å². The van der Waals surface area contributed by atoms with Crippen molar-refractivity contribution in [2.75, 3.05) is 7.11 Å². The number of ether oxygens (including phenoxy) is 1. The largest absolute Gasteiger partial charge is 0.467 e. The van der Waals surface area contributed by atoms with Gasteiger partial charge in [-0.3, -0.25) is 4.79 Å². The summed E-state index contributed by atoms with van der Waals surface area (Å²) < 4.78 is 4.84. The summed E-state index contributed by atoms with van der Waals surface area (Å²) in [5.41, 5.74) is 1.33. The fourth-order valence-corrected chi connectivity index (χ4v) is 3.02. The van der Waals surface area contributed by atoms with E-state index in [1.54, 1.807) is 30.3 Å². The molecule has 0 heterocycles. The van der Waals surface area contributed by atoms with Crippen molar-refractivity contribution < 1.29 is 14.3 Å². The Morgan fingerprint density at radius 1 is 1.00 bits per heavy atom. The predicted octanol–water partition coefficient (Wildman–Crippen LogP) is 4.01. The van der Waals surface area contributed by atoms with E-state index in [0.29, 0.717) is 17.0 Å². The van der Waals surface area contributed by atoms with Crippen molar-refractivity contribution in [2.24, 2.45) is 0 Å². The van der Waals surface area contributed by atoms with Gasteiger partial charge < -0.3 is 10.1 Å². The second-order valence-corrected chi connectivity index (χ2v) is 6.38. The highest BCUT2D eigenvalue weighted by molar-refractivity contribution is 6.30. The second kappa shape index (κ2) is 8.02. The molecule has 1 atom stereocenters. The molecule has 0 spiro atoms. The van der Waals surface area contributed by atoms with Crippen LogP contribution in [0.5, 0.6) is 0 Å². The lowest BCUT2D eigenvalue weighted by atomic mass is 10.0. The van der Waals surface area contributed by atoms with E-state index in [2.05, 4.69) is 5.32 Å². The van der Waals surface area contributed by atoms with Gasteiger partial charge in [0.05, 0.1) is 7.11 Å². The third kappa shape index (κ3) is 4.21. The van der Waals surface area contributed by atoms with Crippen LogP contribution in [0.15, 0.2) is 66.7 Å². The van der Waals surface area contributed by atoms with Gasteiger partial charge in [0.15, 0.2) is 0 Å². The number of rotatable bonds is 5. The summed E-state index contributed by atoms with van der Waals surface area (Å²) in [6.45, 7) is 0. The maximum absolute atomic E-state index is 12.6. The minimum Gasteiger partial charge on any atom is -0.467 e. The number of fused-ring (bicyclic) bond motifs is 1. The summed E-state index contributed by atoms with van der Waals surface area (Å²) in [7, 11) is 1.30. The first-order valence-corrected chi connectivity index (χ1v) is 8.56. The fourth-order valence-electron chi connectivity index (χ4n) is 2.81. The lowest BCUT2D eigenvalue weighted by Gasteiger charge is -2.17. The fraction of sp³-hybridized carbons (Fsp3) is 0.143. The van der Waals surface area contributed by atoms with Crippen molar-refractivity contribution in [2.45, 2.75) is 12.5 Å². The van der Waals surface area contributed by atoms with Gasteiger partial charge in [0.1, 0.15) is 6.04 Å². The quantitative estimate of drug-likeness (QED) is 0.693. The minimum absolute atomic E-state index is 0.298. The SMILES string of the molecule is COC(=O)[C@@H](Cc1cccc(Cl)c1)NC(=O)c1ccc2ccccc2c1. The molecule has 0 fully saturated rings. The number of amides is 1. The summed E-state index contributed by atoms with van der Waals surface area (Å²) in [6.07, 6.45) is 0.298.